The Morgan fingerprint density at radius 3 is 2.52 bits per heavy atom. The zero-order chi connectivity index (χ0) is 24.2. The molecular weight excluding hydrogens is 484 g/mol. The molecule has 1 amide bonds. The molecule has 0 aliphatic rings. The van der Waals surface area contributed by atoms with Crippen molar-refractivity contribution in [3.63, 3.8) is 0 Å². The van der Waals surface area contributed by atoms with Crippen molar-refractivity contribution in [3.8, 4) is 5.75 Å². The Morgan fingerprint density at radius 2 is 1.88 bits per heavy atom. The van der Waals surface area contributed by atoms with Crippen LogP contribution in [-0.4, -0.2) is 42.0 Å². The van der Waals surface area contributed by atoms with Gasteiger partial charge >= 0.3 is 0 Å². The number of hydrogen-bond acceptors (Lipinski definition) is 7. The molecule has 0 aliphatic heterocycles. The van der Waals surface area contributed by atoms with Crippen LogP contribution < -0.4 is 10.1 Å². The monoisotopic (exact) mass is 508 g/mol. The normalized spacial score (nSPS) is 11.4. The summed E-state index contributed by atoms with van der Waals surface area (Å²) in [6, 6.07) is 10.1. The quantitative estimate of drug-likeness (QED) is 0.430. The number of rotatable bonds is 9. The Balaban J connectivity index is 1.70. The number of ether oxygens (including phenoxy) is 1. The molecule has 11 heteroatoms. The molecule has 3 rings (SSSR count). The van der Waals surface area contributed by atoms with Crippen LogP contribution in [0.2, 0.25) is 5.02 Å². The predicted molar refractivity (Wildman–Crippen MR) is 130 cm³/mol. The first kappa shape index (κ1) is 25.1. The molecule has 176 valence electrons. The first-order chi connectivity index (χ1) is 15.6. The number of aromatic nitrogens is 3. The molecule has 0 fully saturated rings. The minimum Gasteiger partial charge on any atom is -0.495 e. The molecule has 0 aliphatic carbocycles. The van der Waals surface area contributed by atoms with Gasteiger partial charge in [-0.15, -0.1) is 10.2 Å². The lowest BCUT2D eigenvalue weighted by molar-refractivity contribution is -0.113. The van der Waals surface area contributed by atoms with Gasteiger partial charge in [0.15, 0.2) is 15.0 Å². The fourth-order valence-corrected chi connectivity index (χ4v) is 5.34. The molecule has 3 aromatic rings. The highest BCUT2D eigenvalue weighted by Crippen LogP contribution is 2.31. The maximum absolute atomic E-state index is 12.8. The highest BCUT2D eigenvalue weighted by atomic mass is 35.5. The molecule has 0 unspecified atom stereocenters. The lowest BCUT2D eigenvalue weighted by Crippen LogP contribution is -2.16. The van der Waals surface area contributed by atoms with Gasteiger partial charge < -0.3 is 14.6 Å². The molecule has 0 saturated carbocycles. The van der Waals surface area contributed by atoms with E-state index in [1.807, 2.05) is 20.8 Å². The molecular formula is C22H25ClN4O4S2. The summed E-state index contributed by atoms with van der Waals surface area (Å²) >= 11 is 7.29. The number of nitrogens with zero attached hydrogens (tertiary/aromatic N) is 3. The Hall–Kier alpha value is -2.56. The number of anilines is 1. The van der Waals surface area contributed by atoms with E-state index in [9.17, 15) is 13.2 Å². The van der Waals surface area contributed by atoms with Crippen LogP contribution in [0.4, 0.5) is 5.69 Å². The number of sulfone groups is 1. The third-order valence-corrected chi connectivity index (χ3v) is 7.90. The van der Waals surface area contributed by atoms with Crippen molar-refractivity contribution < 1.29 is 17.9 Å². The van der Waals surface area contributed by atoms with Crippen LogP contribution in [0.3, 0.4) is 0 Å². The molecule has 0 saturated heterocycles. The number of hydrogen-bond donors (Lipinski definition) is 1. The average molecular weight is 509 g/mol. The zero-order valence-electron chi connectivity index (χ0n) is 18.8. The minimum atomic E-state index is -3.57. The SMILES string of the molecule is CCn1c(CS(=O)(=O)c2ccc(C)cc2)nnc1SCC(=O)Nc1cc(C)c(Cl)cc1OC. The first-order valence-corrected chi connectivity index (χ1v) is 13.1. The summed E-state index contributed by atoms with van der Waals surface area (Å²) in [7, 11) is -2.07. The molecule has 33 heavy (non-hydrogen) atoms. The smallest absolute Gasteiger partial charge is 0.234 e. The van der Waals surface area contributed by atoms with Gasteiger partial charge in [-0.2, -0.15) is 0 Å². The van der Waals surface area contributed by atoms with E-state index >= 15 is 0 Å². The highest BCUT2D eigenvalue weighted by Gasteiger charge is 2.21. The predicted octanol–water partition coefficient (Wildman–Crippen LogP) is 4.28. The van der Waals surface area contributed by atoms with E-state index in [0.29, 0.717) is 34.0 Å². The molecule has 8 nitrogen and oxygen atoms in total. The third-order valence-electron chi connectivity index (χ3n) is 4.90. The van der Waals surface area contributed by atoms with Gasteiger partial charge in [-0.05, 0) is 44.5 Å². The van der Waals surface area contributed by atoms with Crippen molar-refractivity contribution in [1.82, 2.24) is 14.8 Å². The van der Waals surface area contributed by atoms with Crippen molar-refractivity contribution in [2.24, 2.45) is 0 Å². The van der Waals surface area contributed by atoms with Crippen LogP contribution >= 0.6 is 23.4 Å². The van der Waals surface area contributed by atoms with Crippen LogP contribution in [0.25, 0.3) is 0 Å². The maximum atomic E-state index is 12.8. The van der Waals surface area contributed by atoms with Crippen molar-refractivity contribution in [3.05, 3.63) is 58.4 Å². The number of carbonyl (C=O) groups is 1. The lowest BCUT2D eigenvalue weighted by atomic mass is 10.2. The highest BCUT2D eigenvalue weighted by molar-refractivity contribution is 7.99. The lowest BCUT2D eigenvalue weighted by Gasteiger charge is -2.12. The standard InChI is InChI=1S/C22H25ClN4O4S2/c1-5-27-20(13-33(29,30)16-8-6-14(2)7-9-16)25-26-22(27)32-12-21(28)24-18-10-15(3)17(23)11-19(18)31-4/h6-11H,5,12-13H2,1-4H3,(H,24,28). The third kappa shape index (κ3) is 6.07. The van der Waals surface area contributed by atoms with E-state index < -0.39 is 9.84 Å². The molecule has 0 bridgehead atoms. The Kier molecular flexibility index (Phi) is 8.04. The van der Waals surface area contributed by atoms with Crippen LogP contribution in [0.5, 0.6) is 5.75 Å². The molecule has 0 radical (unpaired) electrons. The average Bonchev–Trinajstić information content (AvgIpc) is 3.15. The first-order valence-electron chi connectivity index (χ1n) is 10.1. The number of thioether (sulfide) groups is 1. The summed E-state index contributed by atoms with van der Waals surface area (Å²) in [5, 5.41) is 12.0. The molecule has 1 heterocycles. The van der Waals surface area contributed by atoms with Gasteiger partial charge in [0, 0.05) is 17.6 Å². The molecule has 2 aromatic carbocycles. The number of amides is 1. The molecule has 1 aromatic heterocycles. The summed E-state index contributed by atoms with van der Waals surface area (Å²) < 4.78 is 32.6. The summed E-state index contributed by atoms with van der Waals surface area (Å²) in [5.74, 6) is 0.318. The second kappa shape index (κ2) is 10.6. The second-order valence-corrected chi connectivity index (χ2v) is 10.7. The number of benzene rings is 2. The van der Waals surface area contributed by atoms with Gasteiger partial charge in [0.1, 0.15) is 17.3 Å². The van der Waals surface area contributed by atoms with E-state index in [4.69, 9.17) is 16.3 Å². The van der Waals surface area contributed by atoms with Crippen LogP contribution in [0.15, 0.2) is 46.5 Å². The van der Waals surface area contributed by atoms with Crippen molar-refractivity contribution in [2.75, 3.05) is 18.2 Å². The van der Waals surface area contributed by atoms with Gasteiger partial charge in [-0.3, -0.25) is 4.79 Å². The second-order valence-electron chi connectivity index (χ2n) is 7.35. The maximum Gasteiger partial charge on any atom is 0.234 e. The molecule has 0 atom stereocenters. The van der Waals surface area contributed by atoms with Gasteiger partial charge in [-0.25, -0.2) is 8.42 Å². The minimum absolute atomic E-state index is 0.0632. The van der Waals surface area contributed by atoms with Crippen molar-refractivity contribution in [2.45, 2.75) is 43.1 Å². The van der Waals surface area contributed by atoms with Gasteiger partial charge in [0.2, 0.25) is 5.91 Å². The van der Waals surface area contributed by atoms with E-state index in [1.54, 1.807) is 41.0 Å². The van der Waals surface area contributed by atoms with Gasteiger partial charge in [0.05, 0.1) is 23.4 Å². The van der Waals surface area contributed by atoms with E-state index in [-0.39, 0.29) is 22.3 Å². The van der Waals surface area contributed by atoms with E-state index in [2.05, 4.69) is 15.5 Å². The van der Waals surface area contributed by atoms with Crippen LogP contribution in [0, 0.1) is 13.8 Å². The fourth-order valence-electron chi connectivity index (χ4n) is 3.10. The number of aryl methyl sites for hydroxylation is 2. The van der Waals surface area contributed by atoms with Gasteiger partial charge in [-0.1, -0.05) is 41.1 Å². The molecule has 1 N–H and O–H groups in total. The molecule has 0 spiro atoms. The Labute approximate surface area is 202 Å². The Morgan fingerprint density at radius 1 is 1.18 bits per heavy atom. The fraction of sp³-hybridized carbons (Fsp3) is 0.318. The van der Waals surface area contributed by atoms with Crippen LogP contribution in [0.1, 0.15) is 23.9 Å². The topological polar surface area (TPSA) is 103 Å². The zero-order valence-corrected chi connectivity index (χ0v) is 21.1. The number of halogens is 1. The summed E-state index contributed by atoms with van der Waals surface area (Å²) in [6.45, 7) is 6.08. The van der Waals surface area contributed by atoms with Crippen LogP contribution in [-0.2, 0) is 26.9 Å². The van der Waals surface area contributed by atoms with Crippen molar-refractivity contribution >= 4 is 44.8 Å². The summed E-state index contributed by atoms with van der Waals surface area (Å²) in [6.07, 6.45) is 0. The number of methoxy groups -OCH3 is 1. The number of carbonyl (C=O) groups excluding carboxylic acids is 1. The Bertz CT molecular complexity index is 1260. The van der Waals surface area contributed by atoms with E-state index in [0.717, 1.165) is 11.1 Å². The number of nitrogens with one attached hydrogen (secondary N) is 1. The summed E-state index contributed by atoms with van der Waals surface area (Å²) in [4.78, 5) is 12.8. The summed E-state index contributed by atoms with van der Waals surface area (Å²) in [5.41, 5.74) is 2.31. The largest absolute Gasteiger partial charge is 0.495 e. The van der Waals surface area contributed by atoms with Gasteiger partial charge in [0.25, 0.3) is 0 Å². The van der Waals surface area contributed by atoms with Crippen molar-refractivity contribution in [1.29, 1.82) is 0 Å². The van der Waals surface area contributed by atoms with E-state index in [1.165, 1.54) is 18.9 Å².